The lowest BCUT2D eigenvalue weighted by Crippen LogP contribution is -2.38. The molecule has 24 heavy (non-hydrogen) atoms. The molecule has 3 atom stereocenters. The van der Waals surface area contributed by atoms with E-state index < -0.39 is 17.7 Å². The SMILES string of the molecule is OC(CN[C@H]1CCO[C@H](c2cccnc2)C1)c1c(F)cccc1F. The van der Waals surface area contributed by atoms with E-state index in [1.54, 1.807) is 12.4 Å². The van der Waals surface area contributed by atoms with Crippen LogP contribution in [-0.4, -0.2) is 29.3 Å². The lowest BCUT2D eigenvalue weighted by atomic mass is 9.98. The van der Waals surface area contributed by atoms with Gasteiger partial charge in [-0.3, -0.25) is 4.98 Å². The molecule has 1 fully saturated rings. The molecule has 0 amide bonds. The van der Waals surface area contributed by atoms with Crippen molar-refractivity contribution in [2.45, 2.75) is 31.1 Å². The van der Waals surface area contributed by atoms with E-state index in [-0.39, 0.29) is 24.3 Å². The number of halogens is 2. The van der Waals surface area contributed by atoms with Gasteiger partial charge in [0.05, 0.1) is 17.8 Å². The summed E-state index contributed by atoms with van der Waals surface area (Å²) >= 11 is 0. The van der Waals surface area contributed by atoms with Crippen LogP contribution in [0.25, 0.3) is 0 Å². The maximum Gasteiger partial charge on any atom is 0.131 e. The van der Waals surface area contributed by atoms with Crippen LogP contribution in [0.1, 0.15) is 36.2 Å². The summed E-state index contributed by atoms with van der Waals surface area (Å²) in [5.74, 6) is -1.46. The minimum atomic E-state index is -1.23. The second-order valence-corrected chi connectivity index (χ2v) is 5.93. The summed E-state index contributed by atoms with van der Waals surface area (Å²) in [6.45, 7) is 0.670. The standard InChI is InChI=1S/C18H20F2N2O2/c19-14-4-1-5-15(20)18(14)16(23)11-22-13-6-8-24-17(9-13)12-3-2-7-21-10-12/h1-5,7,10,13,16-17,22-23H,6,8-9,11H2/t13-,16?,17-/m0/s1. The van der Waals surface area contributed by atoms with Crippen LogP contribution < -0.4 is 5.32 Å². The van der Waals surface area contributed by atoms with Crippen LogP contribution in [0.2, 0.25) is 0 Å². The van der Waals surface area contributed by atoms with E-state index in [0.717, 1.165) is 30.5 Å². The van der Waals surface area contributed by atoms with E-state index in [2.05, 4.69) is 10.3 Å². The Morgan fingerprint density at radius 2 is 2.04 bits per heavy atom. The summed E-state index contributed by atoms with van der Waals surface area (Å²) in [6.07, 6.45) is 3.69. The third-order valence-electron chi connectivity index (χ3n) is 4.27. The number of benzene rings is 1. The fourth-order valence-electron chi connectivity index (χ4n) is 2.99. The minimum Gasteiger partial charge on any atom is -0.387 e. The second kappa shape index (κ2) is 7.79. The number of aliphatic hydroxyl groups is 1. The molecule has 3 rings (SSSR count). The first-order valence-electron chi connectivity index (χ1n) is 8.02. The molecule has 1 aromatic heterocycles. The van der Waals surface area contributed by atoms with E-state index in [4.69, 9.17) is 4.74 Å². The van der Waals surface area contributed by atoms with Crippen molar-refractivity contribution in [1.29, 1.82) is 0 Å². The molecule has 0 bridgehead atoms. The molecule has 2 N–H and O–H groups in total. The van der Waals surface area contributed by atoms with E-state index in [1.807, 2.05) is 12.1 Å². The van der Waals surface area contributed by atoms with Gasteiger partial charge in [-0.1, -0.05) is 12.1 Å². The molecule has 0 radical (unpaired) electrons. The number of aromatic nitrogens is 1. The molecular formula is C18H20F2N2O2. The number of nitrogens with one attached hydrogen (secondary N) is 1. The largest absolute Gasteiger partial charge is 0.387 e. The maximum absolute atomic E-state index is 13.7. The number of nitrogens with zero attached hydrogens (tertiary/aromatic N) is 1. The molecule has 4 nitrogen and oxygen atoms in total. The zero-order valence-corrected chi connectivity index (χ0v) is 13.2. The maximum atomic E-state index is 13.7. The third-order valence-corrected chi connectivity index (χ3v) is 4.27. The van der Waals surface area contributed by atoms with Gasteiger partial charge in [-0.25, -0.2) is 8.78 Å². The van der Waals surface area contributed by atoms with Crippen LogP contribution in [0.15, 0.2) is 42.7 Å². The van der Waals surface area contributed by atoms with Gasteiger partial charge in [0.2, 0.25) is 0 Å². The average molecular weight is 334 g/mol. The van der Waals surface area contributed by atoms with E-state index in [9.17, 15) is 13.9 Å². The van der Waals surface area contributed by atoms with Gasteiger partial charge in [0, 0.05) is 31.6 Å². The van der Waals surface area contributed by atoms with Gasteiger partial charge in [0.1, 0.15) is 11.6 Å². The van der Waals surface area contributed by atoms with Gasteiger partial charge in [0.25, 0.3) is 0 Å². The Balaban J connectivity index is 1.58. The summed E-state index contributed by atoms with van der Waals surface area (Å²) in [5, 5.41) is 13.3. The molecule has 2 aromatic rings. The lowest BCUT2D eigenvalue weighted by Gasteiger charge is -2.31. The second-order valence-electron chi connectivity index (χ2n) is 5.93. The highest BCUT2D eigenvalue weighted by atomic mass is 19.1. The predicted molar refractivity (Wildman–Crippen MR) is 85.3 cm³/mol. The summed E-state index contributed by atoms with van der Waals surface area (Å²) < 4.78 is 33.2. The predicted octanol–water partition coefficient (Wildman–Crippen LogP) is 2.90. The lowest BCUT2D eigenvalue weighted by molar-refractivity contribution is -0.00212. The molecule has 1 unspecified atom stereocenters. The van der Waals surface area contributed by atoms with E-state index in [1.165, 1.54) is 6.07 Å². The van der Waals surface area contributed by atoms with Gasteiger partial charge in [-0.05, 0) is 36.6 Å². The van der Waals surface area contributed by atoms with Crippen LogP contribution in [0.4, 0.5) is 8.78 Å². The highest BCUT2D eigenvalue weighted by molar-refractivity contribution is 5.22. The molecule has 128 valence electrons. The van der Waals surface area contributed by atoms with Crippen molar-refractivity contribution in [3.63, 3.8) is 0 Å². The highest BCUT2D eigenvalue weighted by Crippen LogP contribution is 2.28. The number of rotatable bonds is 5. The fraction of sp³-hybridized carbons (Fsp3) is 0.389. The van der Waals surface area contributed by atoms with E-state index >= 15 is 0 Å². The molecule has 0 aliphatic carbocycles. The molecule has 1 aromatic carbocycles. The molecule has 1 aliphatic heterocycles. The van der Waals surface area contributed by atoms with Crippen LogP contribution in [0.3, 0.4) is 0 Å². The molecule has 0 spiro atoms. The fourth-order valence-corrected chi connectivity index (χ4v) is 2.99. The first-order valence-corrected chi connectivity index (χ1v) is 8.02. The van der Waals surface area contributed by atoms with Crippen LogP contribution in [-0.2, 0) is 4.74 Å². The van der Waals surface area contributed by atoms with Gasteiger partial charge < -0.3 is 15.2 Å². The van der Waals surface area contributed by atoms with Gasteiger partial charge >= 0.3 is 0 Å². The van der Waals surface area contributed by atoms with Crippen molar-refractivity contribution in [2.24, 2.45) is 0 Å². The topological polar surface area (TPSA) is 54.4 Å². The number of ether oxygens (including phenoxy) is 1. The first-order chi connectivity index (χ1) is 11.6. The van der Waals surface area contributed by atoms with E-state index in [0.29, 0.717) is 6.61 Å². The molecule has 1 aliphatic rings. The van der Waals surface area contributed by atoms with Crippen molar-refractivity contribution in [1.82, 2.24) is 10.3 Å². The summed E-state index contributed by atoms with van der Waals surface area (Å²) in [7, 11) is 0. The number of hydrogen-bond donors (Lipinski definition) is 2. The monoisotopic (exact) mass is 334 g/mol. The summed E-state index contributed by atoms with van der Waals surface area (Å²) in [5.41, 5.74) is 0.713. The molecule has 0 saturated carbocycles. The van der Waals surface area contributed by atoms with Gasteiger partial charge in [-0.15, -0.1) is 0 Å². The Morgan fingerprint density at radius 1 is 1.25 bits per heavy atom. The molecule has 2 heterocycles. The van der Waals surface area contributed by atoms with Crippen LogP contribution in [0, 0.1) is 11.6 Å². The van der Waals surface area contributed by atoms with Gasteiger partial charge in [-0.2, -0.15) is 0 Å². The number of pyridine rings is 1. The normalized spacial score (nSPS) is 22.3. The highest BCUT2D eigenvalue weighted by Gasteiger charge is 2.25. The smallest absolute Gasteiger partial charge is 0.131 e. The zero-order chi connectivity index (χ0) is 16.9. The minimum absolute atomic E-state index is 0.0627. The molecule has 6 heteroatoms. The van der Waals surface area contributed by atoms with Crippen molar-refractivity contribution in [3.8, 4) is 0 Å². The van der Waals surface area contributed by atoms with Crippen LogP contribution in [0.5, 0.6) is 0 Å². The Kier molecular flexibility index (Phi) is 5.50. The van der Waals surface area contributed by atoms with Crippen LogP contribution >= 0.6 is 0 Å². The quantitative estimate of drug-likeness (QED) is 0.883. The molecule has 1 saturated heterocycles. The summed E-state index contributed by atoms with van der Waals surface area (Å²) in [6, 6.07) is 7.51. The first kappa shape index (κ1) is 17.0. The third kappa shape index (κ3) is 3.95. The Hall–Kier alpha value is -1.89. The number of aliphatic hydroxyl groups excluding tert-OH is 1. The van der Waals surface area contributed by atoms with Crippen molar-refractivity contribution >= 4 is 0 Å². The van der Waals surface area contributed by atoms with Crippen molar-refractivity contribution in [3.05, 3.63) is 65.5 Å². The van der Waals surface area contributed by atoms with Crippen molar-refractivity contribution in [2.75, 3.05) is 13.2 Å². The number of hydrogen-bond acceptors (Lipinski definition) is 4. The van der Waals surface area contributed by atoms with Crippen molar-refractivity contribution < 1.29 is 18.6 Å². The zero-order valence-electron chi connectivity index (χ0n) is 13.2. The molecular weight excluding hydrogens is 314 g/mol. The van der Waals surface area contributed by atoms with Gasteiger partial charge in [0.15, 0.2) is 0 Å². The Morgan fingerprint density at radius 3 is 2.75 bits per heavy atom. The Bertz CT molecular complexity index is 649. The Labute approximate surface area is 139 Å². The average Bonchev–Trinajstić information content (AvgIpc) is 2.61. The summed E-state index contributed by atoms with van der Waals surface area (Å²) in [4.78, 5) is 4.09.